The van der Waals surface area contributed by atoms with Gasteiger partial charge in [0.15, 0.2) is 0 Å². The molecule has 2 rings (SSSR count). The van der Waals surface area contributed by atoms with Crippen LogP contribution in [0.5, 0.6) is 0 Å². The van der Waals surface area contributed by atoms with Crippen molar-refractivity contribution in [2.45, 2.75) is 46.7 Å². The molecule has 0 saturated carbocycles. The van der Waals surface area contributed by atoms with Gasteiger partial charge in [-0.2, -0.15) is 0 Å². The molecule has 0 saturated heterocycles. The molecule has 1 aromatic heterocycles. The lowest BCUT2D eigenvalue weighted by Crippen LogP contribution is -2.47. The van der Waals surface area contributed by atoms with E-state index in [9.17, 15) is 14.0 Å². The van der Waals surface area contributed by atoms with Crippen LogP contribution in [0, 0.1) is 11.7 Å². The Morgan fingerprint density at radius 1 is 1.10 bits per heavy atom. The number of carbonyl (C=O) groups excluding carboxylic acids is 2. The molecule has 1 aromatic carbocycles. The normalized spacial score (nSPS) is 12.1. The fraction of sp³-hybridized carbons (Fsp3) is 0.478. The van der Waals surface area contributed by atoms with Gasteiger partial charge >= 0.3 is 0 Å². The maximum Gasteiger partial charge on any atom is 0.254 e. The predicted molar refractivity (Wildman–Crippen MR) is 113 cm³/mol. The molecule has 0 aliphatic rings. The van der Waals surface area contributed by atoms with E-state index < -0.39 is 5.82 Å². The zero-order valence-electron chi connectivity index (χ0n) is 18.1. The van der Waals surface area contributed by atoms with E-state index in [4.69, 9.17) is 0 Å². The molecule has 0 bridgehead atoms. The van der Waals surface area contributed by atoms with E-state index in [2.05, 4.69) is 13.8 Å². The van der Waals surface area contributed by atoms with Crippen molar-refractivity contribution >= 4 is 11.8 Å². The summed E-state index contributed by atoms with van der Waals surface area (Å²) < 4.78 is 15.2. The second-order valence-electron chi connectivity index (χ2n) is 7.98. The highest BCUT2D eigenvalue weighted by molar-refractivity contribution is 5.96. The van der Waals surface area contributed by atoms with E-state index in [1.807, 2.05) is 48.7 Å². The number of halogens is 1. The molecule has 2 amide bonds. The lowest BCUT2D eigenvalue weighted by atomic mass is 10.1. The highest BCUT2D eigenvalue weighted by Gasteiger charge is 2.26. The van der Waals surface area contributed by atoms with Gasteiger partial charge in [-0.3, -0.25) is 9.59 Å². The van der Waals surface area contributed by atoms with Crippen molar-refractivity contribution in [2.24, 2.45) is 13.0 Å². The Labute approximate surface area is 173 Å². The first-order valence-electron chi connectivity index (χ1n) is 10.2. The molecule has 0 radical (unpaired) electrons. The van der Waals surface area contributed by atoms with E-state index >= 15 is 0 Å². The van der Waals surface area contributed by atoms with Crippen LogP contribution in [0.1, 0.15) is 50.2 Å². The first-order chi connectivity index (χ1) is 13.7. The molecule has 0 fully saturated rings. The minimum atomic E-state index is -0.390. The number of hydrogen-bond acceptors (Lipinski definition) is 2. The van der Waals surface area contributed by atoms with Crippen LogP contribution in [0.15, 0.2) is 42.6 Å². The lowest BCUT2D eigenvalue weighted by molar-refractivity contribution is -0.133. The van der Waals surface area contributed by atoms with E-state index in [1.165, 1.54) is 24.3 Å². The average Bonchev–Trinajstić information content (AvgIpc) is 3.09. The SMILES string of the molecule is CCC(C)N(CC(=O)N(Cc1cccn1C)CC(C)C)C(=O)c1ccc(F)cc1. The molecule has 1 unspecified atom stereocenters. The maximum absolute atomic E-state index is 13.2. The minimum absolute atomic E-state index is 0.00234. The molecule has 0 spiro atoms. The number of nitrogens with zero attached hydrogens (tertiary/aromatic N) is 3. The van der Waals surface area contributed by atoms with Gasteiger partial charge in [-0.15, -0.1) is 0 Å². The summed E-state index contributed by atoms with van der Waals surface area (Å²) in [6.45, 7) is 9.17. The van der Waals surface area contributed by atoms with Gasteiger partial charge in [0, 0.05) is 37.1 Å². The van der Waals surface area contributed by atoms with Crippen molar-refractivity contribution in [1.82, 2.24) is 14.4 Å². The van der Waals surface area contributed by atoms with Gasteiger partial charge in [0.1, 0.15) is 12.4 Å². The van der Waals surface area contributed by atoms with Crippen LogP contribution < -0.4 is 0 Å². The zero-order chi connectivity index (χ0) is 21.6. The number of amides is 2. The quantitative estimate of drug-likeness (QED) is 0.635. The third-order valence-corrected chi connectivity index (χ3v) is 5.12. The summed E-state index contributed by atoms with van der Waals surface area (Å²) in [5.74, 6) is -0.422. The van der Waals surface area contributed by atoms with Crippen molar-refractivity contribution < 1.29 is 14.0 Å². The summed E-state index contributed by atoms with van der Waals surface area (Å²) in [4.78, 5) is 29.6. The second-order valence-corrected chi connectivity index (χ2v) is 7.98. The number of aryl methyl sites for hydroxylation is 1. The molecule has 2 aromatic rings. The number of rotatable bonds is 9. The number of benzene rings is 1. The van der Waals surface area contributed by atoms with Crippen molar-refractivity contribution in [1.29, 1.82) is 0 Å². The maximum atomic E-state index is 13.2. The average molecular weight is 402 g/mol. The van der Waals surface area contributed by atoms with Crippen LogP contribution in [0.3, 0.4) is 0 Å². The van der Waals surface area contributed by atoms with Crippen molar-refractivity contribution in [3.8, 4) is 0 Å². The number of carbonyl (C=O) groups is 2. The Bertz CT molecular complexity index is 814. The first kappa shape index (κ1) is 22.7. The van der Waals surface area contributed by atoms with E-state index in [0.717, 1.165) is 12.1 Å². The molecule has 0 aliphatic heterocycles. The van der Waals surface area contributed by atoms with Crippen molar-refractivity contribution in [3.63, 3.8) is 0 Å². The monoisotopic (exact) mass is 401 g/mol. The Hall–Kier alpha value is -2.63. The van der Waals surface area contributed by atoms with Gasteiger partial charge in [0.25, 0.3) is 5.91 Å². The molecular formula is C23H32FN3O2. The van der Waals surface area contributed by atoms with Gasteiger partial charge in [-0.05, 0) is 55.7 Å². The van der Waals surface area contributed by atoms with E-state index in [1.54, 1.807) is 4.90 Å². The fourth-order valence-electron chi connectivity index (χ4n) is 3.20. The molecule has 29 heavy (non-hydrogen) atoms. The highest BCUT2D eigenvalue weighted by atomic mass is 19.1. The number of aromatic nitrogens is 1. The molecular weight excluding hydrogens is 369 g/mol. The smallest absolute Gasteiger partial charge is 0.254 e. The number of hydrogen-bond donors (Lipinski definition) is 0. The molecule has 158 valence electrons. The third kappa shape index (κ3) is 6.17. The molecule has 5 nitrogen and oxygen atoms in total. The fourth-order valence-corrected chi connectivity index (χ4v) is 3.20. The summed E-state index contributed by atoms with van der Waals surface area (Å²) in [6, 6.07) is 9.32. The Morgan fingerprint density at radius 2 is 1.76 bits per heavy atom. The van der Waals surface area contributed by atoms with Crippen LogP contribution >= 0.6 is 0 Å². The van der Waals surface area contributed by atoms with Gasteiger partial charge in [0.05, 0.1) is 6.54 Å². The summed E-state index contributed by atoms with van der Waals surface area (Å²) in [5, 5.41) is 0. The van der Waals surface area contributed by atoms with Crippen LogP contribution in [0.4, 0.5) is 4.39 Å². The highest BCUT2D eigenvalue weighted by Crippen LogP contribution is 2.14. The van der Waals surface area contributed by atoms with Crippen LogP contribution in [-0.4, -0.2) is 45.3 Å². The van der Waals surface area contributed by atoms with Gasteiger partial charge in [0.2, 0.25) is 5.91 Å². The van der Waals surface area contributed by atoms with Gasteiger partial charge in [-0.25, -0.2) is 4.39 Å². The second kappa shape index (κ2) is 10.2. The Kier molecular flexibility index (Phi) is 8.00. The Balaban J connectivity index is 2.22. The summed E-state index contributed by atoms with van der Waals surface area (Å²) in [7, 11) is 1.96. The zero-order valence-corrected chi connectivity index (χ0v) is 18.1. The van der Waals surface area contributed by atoms with E-state index in [-0.39, 0.29) is 24.4 Å². The summed E-state index contributed by atoms with van der Waals surface area (Å²) >= 11 is 0. The van der Waals surface area contributed by atoms with Crippen molar-refractivity contribution in [2.75, 3.05) is 13.1 Å². The largest absolute Gasteiger partial charge is 0.353 e. The minimum Gasteiger partial charge on any atom is -0.353 e. The molecule has 0 N–H and O–H groups in total. The standard InChI is InChI=1S/C23H32FN3O2/c1-6-18(4)27(23(29)19-9-11-20(24)12-10-19)16-22(28)26(14-17(2)3)15-21-8-7-13-25(21)5/h7-13,17-18H,6,14-16H2,1-5H3. The molecule has 6 heteroatoms. The first-order valence-corrected chi connectivity index (χ1v) is 10.2. The lowest BCUT2D eigenvalue weighted by Gasteiger charge is -2.32. The Morgan fingerprint density at radius 3 is 2.28 bits per heavy atom. The van der Waals surface area contributed by atoms with Crippen molar-refractivity contribution in [3.05, 3.63) is 59.7 Å². The molecule has 0 aliphatic carbocycles. The molecule has 1 heterocycles. The van der Waals surface area contributed by atoms with Crippen LogP contribution in [0.2, 0.25) is 0 Å². The third-order valence-electron chi connectivity index (χ3n) is 5.12. The summed E-state index contributed by atoms with van der Waals surface area (Å²) in [6.07, 6.45) is 2.68. The van der Waals surface area contributed by atoms with Crippen LogP contribution in [-0.2, 0) is 18.4 Å². The topological polar surface area (TPSA) is 45.6 Å². The van der Waals surface area contributed by atoms with Crippen LogP contribution in [0.25, 0.3) is 0 Å². The predicted octanol–water partition coefficient (Wildman–Crippen LogP) is 4.09. The van der Waals surface area contributed by atoms with Gasteiger partial charge < -0.3 is 14.4 Å². The van der Waals surface area contributed by atoms with E-state index in [0.29, 0.717) is 24.6 Å². The summed E-state index contributed by atoms with van der Waals surface area (Å²) in [5.41, 5.74) is 1.43. The molecule has 1 atom stereocenters. The van der Waals surface area contributed by atoms with Gasteiger partial charge in [-0.1, -0.05) is 20.8 Å².